The van der Waals surface area contributed by atoms with E-state index < -0.39 is 24.5 Å². The van der Waals surface area contributed by atoms with Crippen LogP contribution in [0.3, 0.4) is 0 Å². The van der Waals surface area contributed by atoms with Gasteiger partial charge in [-0.25, -0.2) is 4.79 Å². The molecule has 1 unspecified atom stereocenters. The van der Waals surface area contributed by atoms with Gasteiger partial charge in [-0.3, -0.25) is 4.79 Å². The maximum absolute atomic E-state index is 12.0. The van der Waals surface area contributed by atoms with E-state index in [1.807, 2.05) is 22.6 Å². The number of hydrogen-bond donors (Lipinski definition) is 2. The molecule has 104 valence electrons. The molecule has 0 aliphatic carbocycles. The van der Waals surface area contributed by atoms with E-state index in [-0.39, 0.29) is 5.56 Å². The lowest BCUT2D eigenvalue weighted by Gasteiger charge is -2.15. The maximum Gasteiger partial charge on any atom is 0.330 e. The topological polar surface area (TPSA) is 75.6 Å². The van der Waals surface area contributed by atoms with Gasteiger partial charge in [-0.05, 0) is 34.7 Å². The van der Waals surface area contributed by atoms with Crippen LogP contribution < -0.4 is 5.32 Å². The molecule has 0 aliphatic heterocycles. The van der Waals surface area contributed by atoms with Crippen LogP contribution in [0.15, 0.2) is 12.1 Å². The highest BCUT2D eigenvalue weighted by Gasteiger charge is 2.23. The molecule has 0 saturated heterocycles. The number of amides is 1. The fourth-order valence-electron chi connectivity index (χ4n) is 1.28. The minimum atomic E-state index is -1.13. The number of halogens is 3. The van der Waals surface area contributed by atoms with Gasteiger partial charge in [-0.15, -0.1) is 0 Å². The van der Waals surface area contributed by atoms with Gasteiger partial charge < -0.3 is 15.2 Å². The number of rotatable bonds is 4. The molecule has 0 spiro atoms. The minimum Gasteiger partial charge on any atom is -0.467 e. The number of methoxy groups -OCH3 is 1. The zero-order valence-electron chi connectivity index (χ0n) is 9.75. The lowest BCUT2D eigenvalue weighted by molar-refractivity contribution is -0.143. The number of ether oxygens (including phenoxy) is 1. The number of aliphatic hydroxyl groups is 1. The van der Waals surface area contributed by atoms with E-state index in [0.717, 1.165) is 7.11 Å². The van der Waals surface area contributed by atoms with E-state index in [1.165, 1.54) is 12.1 Å². The molecule has 8 heteroatoms. The molecular weight excluding hydrogens is 408 g/mol. The van der Waals surface area contributed by atoms with Crippen LogP contribution in [0.2, 0.25) is 10.0 Å². The molecular formula is C11H10Cl2INO4. The van der Waals surface area contributed by atoms with Gasteiger partial charge in [0.05, 0.1) is 24.3 Å². The van der Waals surface area contributed by atoms with Crippen LogP contribution >= 0.6 is 45.8 Å². The van der Waals surface area contributed by atoms with Gasteiger partial charge in [0.2, 0.25) is 0 Å². The second-order valence-corrected chi connectivity index (χ2v) is 5.40. The number of hydrogen-bond acceptors (Lipinski definition) is 4. The van der Waals surface area contributed by atoms with Crippen LogP contribution in [-0.2, 0) is 9.53 Å². The van der Waals surface area contributed by atoms with Gasteiger partial charge in [0.25, 0.3) is 5.91 Å². The second-order valence-electron chi connectivity index (χ2n) is 3.48. The summed E-state index contributed by atoms with van der Waals surface area (Å²) in [6.07, 6.45) is 0. The fourth-order valence-corrected chi connectivity index (χ4v) is 2.33. The summed E-state index contributed by atoms with van der Waals surface area (Å²) >= 11 is 13.6. The van der Waals surface area contributed by atoms with Crippen molar-refractivity contribution in [2.45, 2.75) is 6.04 Å². The molecule has 1 rings (SSSR count). The predicted octanol–water partition coefficient (Wildman–Crippen LogP) is 1.86. The minimum absolute atomic E-state index is 0.223. The smallest absolute Gasteiger partial charge is 0.330 e. The molecule has 1 aromatic rings. The van der Waals surface area contributed by atoms with E-state index in [4.69, 9.17) is 28.3 Å². The Hall–Kier alpha value is -0.570. The normalized spacial score (nSPS) is 11.8. The molecule has 0 aliphatic rings. The predicted molar refractivity (Wildman–Crippen MR) is 79.5 cm³/mol. The van der Waals surface area contributed by atoms with Crippen molar-refractivity contribution in [3.8, 4) is 0 Å². The Morgan fingerprint density at radius 3 is 2.63 bits per heavy atom. The zero-order valence-corrected chi connectivity index (χ0v) is 13.4. The lowest BCUT2D eigenvalue weighted by atomic mass is 10.2. The third-order valence-corrected chi connectivity index (χ3v) is 4.21. The monoisotopic (exact) mass is 417 g/mol. The third-order valence-electron chi connectivity index (χ3n) is 2.21. The highest BCUT2D eigenvalue weighted by molar-refractivity contribution is 14.1. The van der Waals surface area contributed by atoms with Crippen LogP contribution in [0.5, 0.6) is 0 Å². The number of aliphatic hydroxyl groups excluding tert-OH is 1. The van der Waals surface area contributed by atoms with E-state index in [1.54, 1.807) is 0 Å². The van der Waals surface area contributed by atoms with Crippen molar-refractivity contribution < 1.29 is 19.4 Å². The molecule has 0 aromatic heterocycles. The molecule has 1 atom stereocenters. The molecule has 1 aromatic carbocycles. The quantitative estimate of drug-likeness (QED) is 0.445. The van der Waals surface area contributed by atoms with E-state index >= 15 is 0 Å². The van der Waals surface area contributed by atoms with Crippen LogP contribution in [0.25, 0.3) is 0 Å². The molecule has 0 heterocycles. The molecule has 0 saturated carbocycles. The first-order chi connectivity index (χ1) is 8.90. The van der Waals surface area contributed by atoms with Gasteiger partial charge in [0.1, 0.15) is 0 Å². The van der Waals surface area contributed by atoms with Gasteiger partial charge in [-0.2, -0.15) is 0 Å². The van der Waals surface area contributed by atoms with Crippen LogP contribution in [0.4, 0.5) is 0 Å². The summed E-state index contributed by atoms with van der Waals surface area (Å²) in [5.74, 6) is -1.31. The Bertz CT molecular complexity index is 510. The average Bonchev–Trinajstić information content (AvgIpc) is 2.38. The average molecular weight is 418 g/mol. The van der Waals surface area contributed by atoms with Crippen molar-refractivity contribution >= 4 is 57.7 Å². The van der Waals surface area contributed by atoms with Gasteiger partial charge >= 0.3 is 5.97 Å². The summed E-state index contributed by atoms with van der Waals surface area (Å²) in [6, 6.07) is 1.80. The molecule has 1 amide bonds. The number of carbonyl (C=O) groups excluding carboxylic acids is 2. The summed E-state index contributed by atoms with van der Waals surface area (Å²) < 4.78 is 4.95. The fraction of sp³-hybridized carbons (Fsp3) is 0.273. The van der Waals surface area contributed by atoms with Crippen LogP contribution in [-0.4, -0.2) is 36.7 Å². The Morgan fingerprint density at radius 1 is 1.47 bits per heavy atom. The molecule has 2 N–H and O–H groups in total. The number of carbonyl (C=O) groups is 2. The van der Waals surface area contributed by atoms with Crippen molar-refractivity contribution in [3.05, 3.63) is 31.3 Å². The van der Waals surface area contributed by atoms with Gasteiger partial charge in [0, 0.05) is 8.59 Å². The summed E-state index contributed by atoms with van der Waals surface area (Å²) in [6.45, 7) is -0.566. The standard InChI is InChI=1S/C11H10Cl2INO4/c1-19-11(18)8(4-16)15-10(17)6-2-5(12)3-7(13)9(6)14/h2-3,8,16H,4H2,1H3,(H,15,17). The third kappa shape index (κ3) is 4.20. The highest BCUT2D eigenvalue weighted by atomic mass is 127. The summed E-state index contributed by atoms with van der Waals surface area (Å²) in [4.78, 5) is 23.3. The first-order valence-corrected chi connectivity index (χ1v) is 6.88. The Kier molecular flexibility index (Phi) is 6.31. The van der Waals surface area contributed by atoms with Crippen molar-refractivity contribution in [2.24, 2.45) is 0 Å². The molecule has 19 heavy (non-hydrogen) atoms. The second kappa shape index (κ2) is 7.28. The Morgan fingerprint density at radius 2 is 2.11 bits per heavy atom. The number of benzene rings is 1. The highest BCUT2D eigenvalue weighted by Crippen LogP contribution is 2.26. The van der Waals surface area contributed by atoms with Crippen LogP contribution in [0.1, 0.15) is 10.4 Å². The van der Waals surface area contributed by atoms with Crippen molar-refractivity contribution in [1.82, 2.24) is 5.32 Å². The number of esters is 1. The molecule has 0 radical (unpaired) electrons. The first kappa shape index (κ1) is 16.5. The van der Waals surface area contributed by atoms with Gasteiger partial charge in [-0.1, -0.05) is 23.2 Å². The van der Waals surface area contributed by atoms with Gasteiger partial charge in [0.15, 0.2) is 6.04 Å². The largest absolute Gasteiger partial charge is 0.467 e. The summed E-state index contributed by atoms with van der Waals surface area (Å²) in [5, 5.41) is 12.0. The van der Waals surface area contributed by atoms with Crippen LogP contribution in [0, 0.1) is 3.57 Å². The van der Waals surface area contributed by atoms with Crippen molar-refractivity contribution in [1.29, 1.82) is 0 Å². The summed E-state index contributed by atoms with van der Waals surface area (Å²) in [5.41, 5.74) is 0.223. The van der Waals surface area contributed by atoms with Crippen molar-refractivity contribution in [2.75, 3.05) is 13.7 Å². The Labute approximate surface area is 133 Å². The lowest BCUT2D eigenvalue weighted by Crippen LogP contribution is -2.44. The molecule has 0 bridgehead atoms. The zero-order chi connectivity index (χ0) is 14.6. The first-order valence-electron chi connectivity index (χ1n) is 5.04. The van der Waals surface area contributed by atoms with Crippen molar-refractivity contribution in [3.63, 3.8) is 0 Å². The Balaban J connectivity index is 2.98. The molecule has 0 fully saturated rings. The summed E-state index contributed by atoms with van der Waals surface area (Å²) in [7, 11) is 1.16. The van der Waals surface area contributed by atoms with E-state index in [2.05, 4.69) is 10.1 Å². The SMILES string of the molecule is COC(=O)C(CO)NC(=O)c1cc(Cl)cc(Cl)c1I. The maximum atomic E-state index is 12.0. The number of nitrogens with one attached hydrogen (secondary N) is 1. The van der Waals surface area contributed by atoms with E-state index in [9.17, 15) is 9.59 Å². The molecule has 5 nitrogen and oxygen atoms in total. The van der Waals surface area contributed by atoms with E-state index in [0.29, 0.717) is 13.6 Å².